The van der Waals surface area contributed by atoms with Crippen molar-refractivity contribution in [2.45, 2.75) is 44.3 Å². The highest BCUT2D eigenvalue weighted by atomic mass is 35.5. The van der Waals surface area contributed by atoms with Crippen LogP contribution in [0.15, 0.2) is 48.5 Å². The molecule has 0 aliphatic heterocycles. The fourth-order valence-electron chi connectivity index (χ4n) is 3.40. The Kier molecular flexibility index (Phi) is 7.18. The molecule has 1 aliphatic rings. The molecule has 0 heterocycles. The lowest BCUT2D eigenvalue weighted by atomic mass is 9.90. The summed E-state index contributed by atoms with van der Waals surface area (Å²) in [5, 5.41) is 9.45. The fraction of sp³-hybridized carbons (Fsp3) is 0.333. The van der Waals surface area contributed by atoms with Crippen LogP contribution in [-0.2, 0) is 6.54 Å². The average Bonchev–Trinajstić information content (AvgIpc) is 2.70. The molecule has 1 aliphatic carbocycles. The zero-order chi connectivity index (χ0) is 19.9. The van der Waals surface area contributed by atoms with E-state index in [9.17, 15) is 9.59 Å². The SMILES string of the molecule is O=C(NCc1ccccc1)NC1CCCCC1NC(=O)c1cccc(Cl)c1Cl. The third-order valence-electron chi connectivity index (χ3n) is 4.89. The lowest BCUT2D eigenvalue weighted by molar-refractivity contribution is 0.0916. The van der Waals surface area contributed by atoms with Crippen molar-refractivity contribution < 1.29 is 9.59 Å². The maximum Gasteiger partial charge on any atom is 0.315 e. The number of hydrogen-bond donors (Lipinski definition) is 3. The van der Waals surface area contributed by atoms with Crippen LogP contribution < -0.4 is 16.0 Å². The number of amides is 3. The van der Waals surface area contributed by atoms with Crippen LogP contribution in [0.3, 0.4) is 0 Å². The molecule has 148 valence electrons. The maximum atomic E-state index is 12.6. The van der Waals surface area contributed by atoms with E-state index in [1.165, 1.54) is 0 Å². The first-order chi connectivity index (χ1) is 13.5. The standard InChI is InChI=1S/C21H23Cl2N3O2/c22-16-10-6-9-15(19(16)23)20(27)25-17-11-4-5-12-18(17)26-21(28)24-13-14-7-2-1-3-8-14/h1-3,6-10,17-18H,4-5,11-13H2,(H,25,27)(H2,24,26,28). The van der Waals surface area contributed by atoms with Crippen LogP contribution >= 0.6 is 23.2 Å². The Morgan fingerprint density at radius 2 is 1.57 bits per heavy atom. The van der Waals surface area contributed by atoms with Gasteiger partial charge in [0.05, 0.1) is 21.7 Å². The van der Waals surface area contributed by atoms with E-state index in [-0.39, 0.29) is 29.0 Å². The highest BCUT2D eigenvalue weighted by molar-refractivity contribution is 6.43. The molecule has 5 nitrogen and oxygen atoms in total. The third-order valence-corrected chi connectivity index (χ3v) is 5.71. The van der Waals surface area contributed by atoms with E-state index >= 15 is 0 Å². The Morgan fingerprint density at radius 3 is 2.29 bits per heavy atom. The van der Waals surface area contributed by atoms with Crippen LogP contribution in [0, 0.1) is 0 Å². The molecular formula is C21H23Cl2N3O2. The molecule has 2 aromatic carbocycles. The molecule has 2 aromatic rings. The number of urea groups is 1. The van der Waals surface area contributed by atoms with E-state index in [0.29, 0.717) is 17.1 Å². The molecule has 1 fully saturated rings. The molecule has 0 aromatic heterocycles. The average molecular weight is 420 g/mol. The van der Waals surface area contributed by atoms with Crippen molar-refractivity contribution in [3.05, 3.63) is 69.7 Å². The van der Waals surface area contributed by atoms with Gasteiger partial charge in [0, 0.05) is 12.6 Å². The summed E-state index contributed by atoms with van der Waals surface area (Å²) in [4.78, 5) is 25.0. The molecule has 2 atom stereocenters. The lowest BCUT2D eigenvalue weighted by Gasteiger charge is -2.33. The van der Waals surface area contributed by atoms with Gasteiger partial charge < -0.3 is 16.0 Å². The van der Waals surface area contributed by atoms with E-state index < -0.39 is 0 Å². The minimum atomic E-state index is -0.282. The summed E-state index contributed by atoms with van der Waals surface area (Å²) in [6.45, 7) is 0.453. The molecule has 3 rings (SSSR count). The van der Waals surface area contributed by atoms with Gasteiger partial charge in [-0.2, -0.15) is 0 Å². The van der Waals surface area contributed by atoms with Crippen LogP contribution in [0.4, 0.5) is 4.79 Å². The molecule has 3 N–H and O–H groups in total. The molecule has 3 amide bonds. The topological polar surface area (TPSA) is 70.2 Å². The van der Waals surface area contributed by atoms with Crippen LogP contribution in [-0.4, -0.2) is 24.0 Å². The lowest BCUT2D eigenvalue weighted by Crippen LogP contribution is -2.55. The highest BCUT2D eigenvalue weighted by Crippen LogP contribution is 2.26. The first-order valence-electron chi connectivity index (χ1n) is 9.38. The second-order valence-corrected chi connectivity index (χ2v) is 7.67. The predicted octanol–water partition coefficient (Wildman–Crippen LogP) is 4.53. The van der Waals surface area contributed by atoms with Crippen LogP contribution in [0.1, 0.15) is 41.6 Å². The summed E-state index contributed by atoms with van der Waals surface area (Å²) in [6.07, 6.45) is 3.62. The largest absolute Gasteiger partial charge is 0.347 e. The Hall–Kier alpha value is -2.24. The van der Waals surface area contributed by atoms with Crippen molar-refractivity contribution in [3.63, 3.8) is 0 Å². The van der Waals surface area contributed by atoms with Crippen molar-refractivity contribution in [3.8, 4) is 0 Å². The van der Waals surface area contributed by atoms with E-state index in [0.717, 1.165) is 31.2 Å². The van der Waals surface area contributed by atoms with Crippen LogP contribution in [0.2, 0.25) is 10.0 Å². The number of nitrogens with one attached hydrogen (secondary N) is 3. The molecule has 2 unspecified atom stereocenters. The zero-order valence-electron chi connectivity index (χ0n) is 15.4. The Morgan fingerprint density at radius 1 is 0.893 bits per heavy atom. The first-order valence-corrected chi connectivity index (χ1v) is 10.1. The second kappa shape index (κ2) is 9.80. The number of halogens is 2. The quantitative estimate of drug-likeness (QED) is 0.665. The van der Waals surface area contributed by atoms with Gasteiger partial charge >= 0.3 is 6.03 Å². The van der Waals surface area contributed by atoms with Gasteiger partial charge in [0.15, 0.2) is 0 Å². The van der Waals surface area contributed by atoms with Gasteiger partial charge in [0.1, 0.15) is 0 Å². The molecule has 0 radical (unpaired) electrons. The second-order valence-electron chi connectivity index (χ2n) is 6.88. The summed E-state index contributed by atoms with van der Waals surface area (Å²) >= 11 is 12.2. The molecule has 28 heavy (non-hydrogen) atoms. The van der Waals surface area contributed by atoms with Gasteiger partial charge in [-0.3, -0.25) is 4.79 Å². The van der Waals surface area contributed by atoms with E-state index in [2.05, 4.69) is 16.0 Å². The number of carbonyl (C=O) groups excluding carboxylic acids is 2. The van der Waals surface area contributed by atoms with Gasteiger partial charge in [-0.25, -0.2) is 4.79 Å². The molecule has 0 spiro atoms. The molecule has 7 heteroatoms. The monoisotopic (exact) mass is 419 g/mol. The molecular weight excluding hydrogens is 397 g/mol. The minimum absolute atomic E-state index is 0.133. The van der Waals surface area contributed by atoms with Crippen LogP contribution in [0.25, 0.3) is 0 Å². The van der Waals surface area contributed by atoms with Crippen LogP contribution in [0.5, 0.6) is 0 Å². The van der Waals surface area contributed by atoms with Gasteiger partial charge in [-0.05, 0) is 30.5 Å². The normalized spacial score (nSPS) is 18.9. The van der Waals surface area contributed by atoms with Gasteiger partial charge in [0.25, 0.3) is 5.91 Å². The van der Waals surface area contributed by atoms with E-state index in [1.54, 1.807) is 18.2 Å². The number of rotatable bonds is 5. The van der Waals surface area contributed by atoms with E-state index in [4.69, 9.17) is 23.2 Å². The summed E-state index contributed by atoms with van der Waals surface area (Å²) in [7, 11) is 0. The molecule has 0 saturated heterocycles. The van der Waals surface area contributed by atoms with Gasteiger partial charge in [0.2, 0.25) is 0 Å². The predicted molar refractivity (Wildman–Crippen MR) is 112 cm³/mol. The number of hydrogen-bond acceptors (Lipinski definition) is 2. The number of benzene rings is 2. The summed E-state index contributed by atoms with van der Waals surface area (Å²) in [6, 6.07) is 14.2. The van der Waals surface area contributed by atoms with Crippen molar-refractivity contribution in [1.29, 1.82) is 0 Å². The van der Waals surface area contributed by atoms with Crippen molar-refractivity contribution in [2.24, 2.45) is 0 Å². The molecule has 1 saturated carbocycles. The van der Waals surface area contributed by atoms with E-state index in [1.807, 2.05) is 30.3 Å². The Bertz CT molecular complexity index is 830. The maximum absolute atomic E-state index is 12.6. The zero-order valence-corrected chi connectivity index (χ0v) is 16.9. The van der Waals surface area contributed by atoms with Crippen molar-refractivity contribution in [1.82, 2.24) is 16.0 Å². The first kappa shape index (κ1) is 20.5. The van der Waals surface area contributed by atoms with Crippen molar-refractivity contribution >= 4 is 35.1 Å². The van der Waals surface area contributed by atoms with Crippen molar-refractivity contribution in [2.75, 3.05) is 0 Å². The Labute approximate surface area is 174 Å². The number of carbonyl (C=O) groups is 2. The highest BCUT2D eigenvalue weighted by Gasteiger charge is 2.28. The van der Waals surface area contributed by atoms with Gasteiger partial charge in [-0.1, -0.05) is 72.4 Å². The smallest absolute Gasteiger partial charge is 0.315 e. The van der Waals surface area contributed by atoms with Gasteiger partial charge in [-0.15, -0.1) is 0 Å². The minimum Gasteiger partial charge on any atom is -0.347 e. The summed E-state index contributed by atoms with van der Waals surface area (Å²) < 4.78 is 0. The molecule has 0 bridgehead atoms. The third kappa shape index (κ3) is 5.40. The Balaban J connectivity index is 1.58. The summed E-state index contributed by atoms with van der Waals surface area (Å²) in [5.74, 6) is -0.282. The fourth-order valence-corrected chi connectivity index (χ4v) is 3.79. The summed E-state index contributed by atoms with van der Waals surface area (Å²) in [5.41, 5.74) is 1.37.